The summed E-state index contributed by atoms with van der Waals surface area (Å²) in [5.41, 5.74) is 1.26. The number of hydrogen-bond acceptors (Lipinski definition) is 5. The van der Waals surface area contributed by atoms with Gasteiger partial charge < -0.3 is 9.47 Å². The summed E-state index contributed by atoms with van der Waals surface area (Å²) in [7, 11) is -3.93. The van der Waals surface area contributed by atoms with Crippen molar-refractivity contribution in [3.63, 3.8) is 0 Å². The highest BCUT2D eigenvalue weighted by molar-refractivity contribution is 9.10. The van der Waals surface area contributed by atoms with Gasteiger partial charge in [0.05, 0.1) is 27.8 Å². The molecule has 0 aromatic heterocycles. The fourth-order valence-corrected chi connectivity index (χ4v) is 3.93. The van der Waals surface area contributed by atoms with Crippen LogP contribution >= 0.6 is 27.5 Å². The molecular weight excluding hydrogens is 458 g/mol. The van der Waals surface area contributed by atoms with Crippen LogP contribution in [0.4, 0.5) is 5.69 Å². The molecule has 0 radical (unpaired) electrons. The third-order valence-corrected chi connectivity index (χ3v) is 5.88. The number of aryl methyl sites for hydroxylation is 1. The maximum atomic E-state index is 12.7. The zero-order valence-corrected chi connectivity index (χ0v) is 17.9. The molecule has 0 amide bonds. The molecule has 0 aliphatic heterocycles. The molecule has 2 aromatic carbocycles. The Morgan fingerprint density at radius 3 is 2.63 bits per heavy atom. The first-order chi connectivity index (χ1) is 12.7. The minimum Gasteiger partial charge on any atom is -0.460 e. The van der Waals surface area contributed by atoms with Crippen LogP contribution in [0.25, 0.3) is 0 Å². The van der Waals surface area contributed by atoms with E-state index < -0.39 is 16.0 Å². The number of rotatable bonds is 8. The maximum Gasteiger partial charge on any atom is 0.339 e. The molecule has 0 bridgehead atoms. The Bertz CT molecular complexity index is 933. The highest BCUT2D eigenvalue weighted by atomic mass is 79.9. The lowest BCUT2D eigenvalue weighted by Crippen LogP contribution is -2.16. The monoisotopic (exact) mass is 475 g/mol. The number of anilines is 1. The molecule has 0 aliphatic carbocycles. The summed E-state index contributed by atoms with van der Waals surface area (Å²) in [6.45, 7) is 4.48. The molecule has 2 aromatic rings. The lowest BCUT2D eigenvalue weighted by atomic mass is 10.2. The number of sulfonamides is 1. The third-order valence-electron chi connectivity index (χ3n) is 3.50. The van der Waals surface area contributed by atoms with Crippen molar-refractivity contribution in [1.29, 1.82) is 0 Å². The average Bonchev–Trinajstić information content (AvgIpc) is 2.61. The highest BCUT2D eigenvalue weighted by Gasteiger charge is 2.20. The maximum absolute atomic E-state index is 12.7. The van der Waals surface area contributed by atoms with Crippen molar-refractivity contribution in [2.45, 2.75) is 18.7 Å². The van der Waals surface area contributed by atoms with E-state index in [4.69, 9.17) is 21.1 Å². The zero-order valence-electron chi connectivity index (χ0n) is 14.8. The second-order valence-corrected chi connectivity index (χ2v) is 8.51. The van der Waals surface area contributed by atoms with Crippen molar-refractivity contribution in [3.8, 4) is 0 Å². The molecule has 0 atom stereocenters. The number of carbonyl (C=O) groups is 1. The molecule has 0 saturated carbocycles. The average molecular weight is 477 g/mol. The summed E-state index contributed by atoms with van der Waals surface area (Å²) >= 11 is 9.34. The van der Waals surface area contributed by atoms with Crippen molar-refractivity contribution in [2.75, 3.05) is 24.5 Å². The van der Waals surface area contributed by atoms with Gasteiger partial charge >= 0.3 is 5.97 Å². The molecule has 0 fully saturated rings. The number of halogens is 2. The molecule has 9 heteroatoms. The van der Waals surface area contributed by atoms with Gasteiger partial charge in [0.15, 0.2) is 0 Å². The van der Waals surface area contributed by atoms with Gasteiger partial charge in [-0.1, -0.05) is 17.7 Å². The van der Waals surface area contributed by atoms with Gasteiger partial charge in [0.1, 0.15) is 6.61 Å². The number of ether oxygens (including phenoxy) is 2. The van der Waals surface area contributed by atoms with E-state index in [0.29, 0.717) is 16.8 Å². The summed E-state index contributed by atoms with van der Waals surface area (Å²) in [5.74, 6) is -0.714. The smallest absolute Gasteiger partial charge is 0.339 e. The summed E-state index contributed by atoms with van der Waals surface area (Å²) in [5, 5.41) is 0.104. The van der Waals surface area contributed by atoms with Gasteiger partial charge in [-0.3, -0.25) is 4.72 Å². The molecular formula is C18H19BrClNO5S. The summed E-state index contributed by atoms with van der Waals surface area (Å²) in [6.07, 6.45) is 0. The fourth-order valence-electron chi connectivity index (χ4n) is 2.16. The predicted octanol–water partition coefficient (Wildman–Crippen LogP) is 4.41. The SMILES string of the molecule is CCOCCOC(=O)c1cc(S(=O)(=O)Nc2cc(C)ccc2Br)ccc1Cl. The van der Waals surface area contributed by atoms with E-state index in [-0.39, 0.29) is 28.7 Å². The summed E-state index contributed by atoms with van der Waals surface area (Å²) < 4.78 is 38.7. The van der Waals surface area contributed by atoms with Gasteiger partial charge in [0.25, 0.3) is 10.0 Å². The molecule has 1 N–H and O–H groups in total. The van der Waals surface area contributed by atoms with Crippen LogP contribution in [0.15, 0.2) is 45.8 Å². The molecule has 0 saturated heterocycles. The molecule has 0 unspecified atom stereocenters. The number of nitrogens with one attached hydrogen (secondary N) is 1. The van der Waals surface area contributed by atoms with Crippen molar-refractivity contribution in [2.24, 2.45) is 0 Å². The van der Waals surface area contributed by atoms with Crippen molar-refractivity contribution in [3.05, 3.63) is 57.0 Å². The van der Waals surface area contributed by atoms with Crippen LogP contribution in [0.1, 0.15) is 22.8 Å². The number of carbonyl (C=O) groups excluding carboxylic acids is 1. The molecule has 0 spiro atoms. The van der Waals surface area contributed by atoms with Gasteiger partial charge in [-0.05, 0) is 65.7 Å². The Morgan fingerprint density at radius 1 is 1.19 bits per heavy atom. The molecule has 6 nitrogen and oxygen atoms in total. The van der Waals surface area contributed by atoms with E-state index in [2.05, 4.69) is 20.7 Å². The third kappa shape index (κ3) is 5.93. The van der Waals surface area contributed by atoms with Crippen LogP contribution in [0, 0.1) is 6.92 Å². The Hall–Kier alpha value is -1.61. The second kappa shape index (κ2) is 9.54. The van der Waals surface area contributed by atoms with Crippen LogP contribution in [0.5, 0.6) is 0 Å². The van der Waals surface area contributed by atoms with Crippen LogP contribution in [0.3, 0.4) is 0 Å². The van der Waals surface area contributed by atoms with Gasteiger partial charge in [0, 0.05) is 11.1 Å². The van der Waals surface area contributed by atoms with Gasteiger partial charge in [-0.15, -0.1) is 0 Å². The van der Waals surface area contributed by atoms with E-state index in [1.165, 1.54) is 18.2 Å². The molecule has 27 heavy (non-hydrogen) atoms. The molecule has 146 valence electrons. The standard InChI is InChI=1S/C18H19BrClNO5S/c1-3-25-8-9-26-18(22)14-11-13(5-7-16(14)20)27(23,24)21-17-10-12(2)4-6-15(17)19/h4-7,10-11,21H,3,8-9H2,1-2H3. The lowest BCUT2D eigenvalue weighted by molar-refractivity contribution is 0.0335. The van der Waals surface area contributed by atoms with E-state index >= 15 is 0 Å². The van der Waals surface area contributed by atoms with E-state index in [1.807, 2.05) is 19.9 Å². The van der Waals surface area contributed by atoms with Crippen LogP contribution < -0.4 is 4.72 Å². The summed E-state index contributed by atoms with van der Waals surface area (Å²) in [4.78, 5) is 12.1. The Labute approximate surface area is 172 Å². The van der Waals surface area contributed by atoms with Gasteiger partial charge in [-0.25, -0.2) is 13.2 Å². The van der Waals surface area contributed by atoms with Gasteiger partial charge in [-0.2, -0.15) is 0 Å². The minimum absolute atomic E-state index is 0.0284. The largest absolute Gasteiger partial charge is 0.460 e. The lowest BCUT2D eigenvalue weighted by Gasteiger charge is -2.12. The quantitative estimate of drug-likeness (QED) is 0.451. The normalized spacial score (nSPS) is 11.3. The highest BCUT2D eigenvalue weighted by Crippen LogP contribution is 2.27. The van der Waals surface area contributed by atoms with Crippen LogP contribution in [-0.2, 0) is 19.5 Å². The minimum atomic E-state index is -3.93. The van der Waals surface area contributed by atoms with Crippen LogP contribution in [-0.4, -0.2) is 34.2 Å². The fraction of sp³-hybridized carbons (Fsp3) is 0.278. The first kappa shape index (κ1) is 21.7. The summed E-state index contributed by atoms with van der Waals surface area (Å²) in [6, 6.07) is 9.15. The molecule has 2 rings (SSSR count). The Kier molecular flexibility index (Phi) is 7.67. The number of esters is 1. The Balaban J connectivity index is 2.25. The first-order valence-electron chi connectivity index (χ1n) is 8.08. The Morgan fingerprint density at radius 2 is 1.93 bits per heavy atom. The predicted molar refractivity (Wildman–Crippen MR) is 108 cm³/mol. The van der Waals surface area contributed by atoms with Gasteiger partial charge in [0.2, 0.25) is 0 Å². The van der Waals surface area contributed by atoms with Crippen molar-refractivity contribution >= 4 is 49.2 Å². The number of benzene rings is 2. The topological polar surface area (TPSA) is 81.7 Å². The first-order valence-corrected chi connectivity index (χ1v) is 10.7. The second-order valence-electron chi connectivity index (χ2n) is 5.56. The molecule has 0 heterocycles. The van der Waals surface area contributed by atoms with E-state index in [9.17, 15) is 13.2 Å². The van der Waals surface area contributed by atoms with E-state index in [0.717, 1.165) is 5.56 Å². The van der Waals surface area contributed by atoms with Crippen molar-refractivity contribution < 1.29 is 22.7 Å². The van der Waals surface area contributed by atoms with Crippen molar-refractivity contribution in [1.82, 2.24) is 0 Å². The van der Waals surface area contributed by atoms with Crippen LogP contribution in [0.2, 0.25) is 5.02 Å². The molecule has 0 aliphatic rings. The number of hydrogen-bond donors (Lipinski definition) is 1. The zero-order chi connectivity index (χ0) is 20.0. The van der Waals surface area contributed by atoms with E-state index in [1.54, 1.807) is 12.1 Å².